The Labute approximate surface area is 216 Å². The van der Waals surface area contributed by atoms with E-state index in [9.17, 15) is 0 Å². The third-order valence-electron chi connectivity index (χ3n) is 5.31. The van der Waals surface area contributed by atoms with Crippen molar-refractivity contribution < 1.29 is 16.5 Å². The summed E-state index contributed by atoms with van der Waals surface area (Å²) >= 11 is 4.87. The van der Waals surface area contributed by atoms with Gasteiger partial charge in [-0.05, 0) is 30.8 Å². The maximum atomic E-state index is 4.87. The first kappa shape index (κ1) is 27.3. The van der Waals surface area contributed by atoms with E-state index in [0.717, 1.165) is 4.90 Å². The van der Waals surface area contributed by atoms with Crippen molar-refractivity contribution in [3.05, 3.63) is 121 Å². The van der Waals surface area contributed by atoms with E-state index in [2.05, 4.69) is 97.9 Å². The smallest absolute Gasteiger partial charge is 0.780 e. The number of benzene rings is 4. The molecular weight excluding hydrogens is 482 g/mol. The van der Waals surface area contributed by atoms with E-state index in [-0.39, 0.29) is 16.5 Å². The van der Waals surface area contributed by atoms with Crippen LogP contribution in [-0.4, -0.2) is 0 Å². The van der Waals surface area contributed by atoms with Crippen molar-refractivity contribution in [1.82, 2.24) is 0 Å². The SMILES string of the molecule is C1CCCC1.Cc1ccc([S-])cc1.[Ni+2].c1ccc(P(c2ccccc2)c2ccccc2)cc1. The van der Waals surface area contributed by atoms with E-state index in [1.165, 1.54) is 53.6 Å². The zero-order valence-corrected chi connectivity index (χ0v) is 21.9. The van der Waals surface area contributed by atoms with Crippen molar-refractivity contribution in [3.8, 4) is 0 Å². The van der Waals surface area contributed by atoms with E-state index in [1.54, 1.807) is 0 Å². The van der Waals surface area contributed by atoms with Crippen molar-refractivity contribution in [2.75, 3.05) is 0 Å². The summed E-state index contributed by atoms with van der Waals surface area (Å²) in [5, 5.41) is 4.19. The van der Waals surface area contributed by atoms with Gasteiger partial charge in [-0.25, -0.2) is 0 Å². The van der Waals surface area contributed by atoms with Gasteiger partial charge in [-0.1, -0.05) is 153 Å². The standard InChI is InChI=1S/C18H15P.C7H8S.C5H10.Ni/c1-4-10-16(11-5-1)19(17-12-6-2-7-13-17)18-14-8-3-9-15-18;1-6-2-4-7(8)5-3-6;1-2-4-5-3-1;/h1-15H;2-5,8H,1H3;1-5H2;/q;;;+2/p-1. The minimum absolute atomic E-state index is 0. The molecule has 0 amide bonds. The second-order valence-electron chi connectivity index (χ2n) is 7.92. The fourth-order valence-electron chi connectivity index (χ4n) is 3.60. The average Bonchev–Trinajstić information content (AvgIpc) is 3.44. The van der Waals surface area contributed by atoms with Crippen LogP contribution in [0, 0.1) is 6.92 Å². The van der Waals surface area contributed by atoms with Gasteiger partial charge in [0.2, 0.25) is 0 Å². The van der Waals surface area contributed by atoms with Gasteiger partial charge < -0.3 is 12.6 Å². The topological polar surface area (TPSA) is 0 Å². The third kappa shape index (κ3) is 9.81. The Bertz CT molecular complexity index is 879. The molecule has 0 radical (unpaired) electrons. The molecule has 0 spiro atoms. The van der Waals surface area contributed by atoms with Crippen LogP contribution in [0.1, 0.15) is 37.7 Å². The van der Waals surface area contributed by atoms with Crippen LogP contribution in [0.2, 0.25) is 0 Å². The molecule has 0 saturated heterocycles. The van der Waals surface area contributed by atoms with Crippen molar-refractivity contribution in [2.45, 2.75) is 43.9 Å². The molecular formula is C30H32NiPS+. The van der Waals surface area contributed by atoms with Gasteiger partial charge in [0.15, 0.2) is 0 Å². The Kier molecular flexibility index (Phi) is 13.0. The summed E-state index contributed by atoms with van der Waals surface area (Å²) in [6, 6.07) is 40.2. The fraction of sp³-hybridized carbons (Fsp3) is 0.200. The predicted molar refractivity (Wildman–Crippen MR) is 145 cm³/mol. The van der Waals surface area contributed by atoms with Crippen molar-refractivity contribution >= 4 is 36.5 Å². The fourth-order valence-corrected chi connectivity index (χ4v) is 6.04. The second-order valence-corrected chi connectivity index (χ2v) is 10.6. The molecule has 0 bridgehead atoms. The first-order valence-electron chi connectivity index (χ1n) is 11.4. The van der Waals surface area contributed by atoms with E-state index in [4.69, 9.17) is 12.6 Å². The average molecular weight is 514 g/mol. The molecule has 5 rings (SSSR count). The van der Waals surface area contributed by atoms with Gasteiger partial charge in [-0.2, -0.15) is 4.90 Å². The van der Waals surface area contributed by atoms with Crippen LogP contribution in [0.4, 0.5) is 0 Å². The maximum Gasteiger partial charge on any atom is 2.00 e. The van der Waals surface area contributed by atoms with Gasteiger partial charge in [-0.3, -0.25) is 0 Å². The van der Waals surface area contributed by atoms with Crippen LogP contribution in [0.5, 0.6) is 0 Å². The molecule has 1 saturated carbocycles. The summed E-state index contributed by atoms with van der Waals surface area (Å²) in [4.78, 5) is 0.913. The van der Waals surface area contributed by atoms with Crippen molar-refractivity contribution in [1.29, 1.82) is 0 Å². The van der Waals surface area contributed by atoms with Gasteiger partial charge in [0.1, 0.15) is 0 Å². The van der Waals surface area contributed by atoms with Crippen LogP contribution >= 0.6 is 7.92 Å². The van der Waals surface area contributed by atoms with Crippen molar-refractivity contribution in [3.63, 3.8) is 0 Å². The second kappa shape index (κ2) is 15.8. The Morgan fingerprint density at radius 3 is 1.06 bits per heavy atom. The van der Waals surface area contributed by atoms with Gasteiger partial charge >= 0.3 is 16.5 Å². The zero-order valence-electron chi connectivity index (χ0n) is 19.2. The molecule has 0 nitrogen and oxygen atoms in total. The monoisotopic (exact) mass is 513 g/mol. The van der Waals surface area contributed by atoms with E-state index in [0.29, 0.717) is 0 Å². The van der Waals surface area contributed by atoms with E-state index < -0.39 is 7.92 Å². The number of hydrogen-bond acceptors (Lipinski definition) is 1. The predicted octanol–water partition coefficient (Wildman–Crippen LogP) is 7.29. The largest absolute Gasteiger partial charge is 2.00 e. The summed E-state index contributed by atoms with van der Waals surface area (Å²) in [5.74, 6) is 0. The summed E-state index contributed by atoms with van der Waals surface area (Å²) in [7, 11) is -0.446. The quantitative estimate of drug-likeness (QED) is 0.157. The normalized spacial score (nSPS) is 11.9. The molecule has 1 aliphatic carbocycles. The Morgan fingerprint density at radius 1 is 0.485 bits per heavy atom. The summed E-state index contributed by atoms with van der Waals surface area (Å²) in [6.45, 7) is 2.05. The zero-order chi connectivity index (χ0) is 22.4. The van der Waals surface area contributed by atoms with Crippen LogP contribution < -0.4 is 15.9 Å². The van der Waals surface area contributed by atoms with Crippen molar-refractivity contribution in [2.24, 2.45) is 0 Å². The van der Waals surface area contributed by atoms with Crippen LogP contribution in [0.3, 0.4) is 0 Å². The number of rotatable bonds is 3. The molecule has 0 atom stereocenters. The van der Waals surface area contributed by atoms with Gasteiger partial charge in [0.05, 0.1) is 0 Å². The molecule has 172 valence electrons. The molecule has 0 heterocycles. The molecule has 0 N–H and O–H groups in total. The van der Waals surface area contributed by atoms with Crippen LogP contribution in [0.15, 0.2) is 120 Å². The van der Waals surface area contributed by atoms with Crippen LogP contribution in [-0.2, 0) is 29.1 Å². The minimum Gasteiger partial charge on any atom is -0.780 e. The first-order valence-corrected chi connectivity index (χ1v) is 13.2. The van der Waals surface area contributed by atoms with Gasteiger partial charge in [-0.15, -0.1) is 0 Å². The third-order valence-corrected chi connectivity index (χ3v) is 8.03. The molecule has 0 aromatic heterocycles. The molecule has 0 unspecified atom stereocenters. The maximum absolute atomic E-state index is 4.87. The Balaban J connectivity index is 0.000000227. The molecule has 1 fully saturated rings. The molecule has 3 heteroatoms. The summed E-state index contributed by atoms with van der Waals surface area (Å²) in [5.41, 5.74) is 1.26. The Hall–Kier alpha value is -1.98. The van der Waals surface area contributed by atoms with Gasteiger partial charge in [0, 0.05) is 0 Å². The Morgan fingerprint density at radius 2 is 0.788 bits per heavy atom. The number of aryl methyl sites for hydroxylation is 1. The molecule has 4 aromatic rings. The number of hydrogen-bond donors (Lipinski definition) is 0. The van der Waals surface area contributed by atoms with E-state index >= 15 is 0 Å². The minimum atomic E-state index is -0.446. The van der Waals surface area contributed by atoms with E-state index in [1.807, 2.05) is 24.3 Å². The van der Waals surface area contributed by atoms with Gasteiger partial charge in [0.25, 0.3) is 0 Å². The molecule has 4 aromatic carbocycles. The summed E-state index contributed by atoms with van der Waals surface area (Å²) < 4.78 is 0. The summed E-state index contributed by atoms with van der Waals surface area (Å²) in [6.07, 6.45) is 7.50. The molecule has 1 aliphatic rings. The first-order chi connectivity index (χ1) is 15.7. The molecule has 0 aliphatic heterocycles. The molecule has 33 heavy (non-hydrogen) atoms. The van der Waals surface area contributed by atoms with Crippen LogP contribution in [0.25, 0.3) is 0 Å².